The van der Waals surface area contributed by atoms with E-state index in [1.807, 2.05) is 0 Å². The van der Waals surface area contributed by atoms with Crippen LogP contribution in [-0.4, -0.2) is 24.0 Å². The Balaban J connectivity index is 1.86. The van der Waals surface area contributed by atoms with Gasteiger partial charge < -0.3 is 14.6 Å². The first kappa shape index (κ1) is 26.0. The number of carbonyl (C=O) groups is 2. The molecule has 0 saturated carbocycles. The number of aromatic amines is 1. The van der Waals surface area contributed by atoms with Gasteiger partial charge in [0, 0.05) is 25.2 Å². The van der Waals surface area contributed by atoms with Crippen LogP contribution in [0.4, 0.5) is 8.78 Å². The molecule has 2 N–H and O–H groups in total. The fraction of sp³-hybridized carbons (Fsp3) is 0.346. The number of amides is 1. The molecule has 0 unspecified atom stereocenters. The smallest absolute Gasteiger partial charge is 0.280 e. The summed E-state index contributed by atoms with van der Waals surface area (Å²) in [6.45, 7) is 5.47. The summed E-state index contributed by atoms with van der Waals surface area (Å²) in [6.07, 6.45) is -0.573. The van der Waals surface area contributed by atoms with Crippen molar-refractivity contribution < 1.29 is 27.6 Å². The summed E-state index contributed by atoms with van der Waals surface area (Å²) in [5.74, 6) is -2.38. The Morgan fingerprint density at radius 1 is 1.03 bits per heavy atom. The van der Waals surface area contributed by atoms with Crippen LogP contribution in [0.5, 0.6) is 0 Å². The zero-order valence-electron chi connectivity index (χ0n) is 20.0. The molecule has 0 aliphatic carbocycles. The summed E-state index contributed by atoms with van der Waals surface area (Å²) in [4.78, 5) is 37.1. The van der Waals surface area contributed by atoms with Crippen molar-refractivity contribution in [3.63, 3.8) is 0 Å². The first-order valence-electron chi connectivity index (χ1n) is 11.0. The Kier molecular flexibility index (Phi) is 8.01. The number of hydrogen-bond donors (Lipinski definition) is 2. The van der Waals surface area contributed by atoms with Crippen molar-refractivity contribution in [1.82, 2.24) is 10.5 Å². The summed E-state index contributed by atoms with van der Waals surface area (Å²) in [5.41, 5.74) is 0.225. The van der Waals surface area contributed by atoms with E-state index < -0.39 is 40.3 Å². The van der Waals surface area contributed by atoms with Crippen molar-refractivity contribution >= 4 is 11.7 Å². The lowest BCUT2D eigenvalue weighted by Gasteiger charge is -2.22. The van der Waals surface area contributed by atoms with E-state index in [9.17, 15) is 23.2 Å². The zero-order valence-corrected chi connectivity index (χ0v) is 20.0. The van der Waals surface area contributed by atoms with E-state index in [1.54, 1.807) is 52.1 Å². The molecule has 2 aromatic carbocycles. The standard InChI is InChI=1S/C26H28F2N2O5/c1-26(2,3)24-19(27)9-16(10-20(24)28)11-21(31)25(17-7-5-15(6-8-17)14-34-4)29-22(32)12-18-13-23(33)30-35-18/h5-10,13,25H,11-12,14H2,1-4H3,(H,29,32)(H,30,33)/t25-/m1/s1. The van der Waals surface area contributed by atoms with Crippen molar-refractivity contribution in [1.29, 1.82) is 0 Å². The lowest BCUT2D eigenvalue weighted by Crippen LogP contribution is -2.35. The minimum absolute atomic E-state index is 0.0553. The van der Waals surface area contributed by atoms with E-state index in [2.05, 4.69) is 10.5 Å². The van der Waals surface area contributed by atoms with E-state index in [4.69, 9.17) is 9.26 Å². The topological polar surface area (TPSA) is 101 Å². The van der Waals surface area contributed by atoms with Crippen LogP contribution in [0.1, 0.15) is 54.8 Å². The molecule has 3 rings (SSSR count). The van der Waals surface area contributed by atoms with E-state index >= 15 is 0 Å². The molecule has 1 atom stereocenters. The maximum absolute atomic E-state index is 14.7. The van der Waals surface area contributed by atoms with Crippen LogP contribution < -0.4 is 10.9 Å². The second-order valence-corrected chi connectivity index (χ2v) is 9.36. The second-order valence-electron chi connectivity index (χ2n) is 9.36. The minimum Gasteiger partial charge on any atom is -0.383 e. The van der Waals surface area contributed by atoms with Crippen LogP contribution in [0, 0.1) is 11.6 Å². The van der Waals surface area contributed by atoms with Crippen LogP contribution in [0.25, 0.3) is 0 Å². The Morgan fingerprint density at radius 3 is 2.17 bits per heavy atom. The molecule has 0 radical (unpaired) electrons. The normalized spacial score (nSPS) is 12.4. The van der Waals surface area contributed by atoms with Crippen molar-refractivity contribution in [3.05, 3.63) is 92.5 Å². The molecule has 1 aromatic heterocycles. The number of benzene rings is 2. The highest BCUT2D eigenvalue weighted by molar-refractivity contribution is 5.91. The molecule has 186 valence electrons. The van der Waals surface area contributed by atoms with Crippen LogP contribution in [-0.2, 0) is 39.2 Å². The van der Waals surface area contributed by atoms with Crippen molar-refractivity contribution in [3.8, 4) is 0 Å². The summed E-state index contributed by atoms with van der Waals surface area (Å²) in [5, 5.41) is 4.74. The summed E-state index contributed by atoms with van der Waals surface area (Å²) in [6, 6.07) is 9.22. The number of ether oxygens (including phenoxy) is 1. The zero-order chi connectivity index (χ0) is 25.8. The summed E-state index contributed by atoms with van der Waals surface area (Å²) >= 11 is 0. The van der Waals surface area contributed by atoms with E-state index in [0.717, 1.165) is 23.8 Å². The first-order chi connectivity index (χ1) is 16.5. The molecule has 0 spiro atoms. The molecule has 0 fully saturated rings. The fourth-order valence-electron chi connectivity index (χ4n) is 3.85. The third-order valence-electron chi connectivity index (χ3n) is 5.39. The van der Waals surface area contributed by atoms with Crippen molar-refractivity contribution in [2.45, 2.75) is 51.7 Å². The average Bonchev–Trinajstić information content (AvgIpc) is 3.15. The number of nitrogens with one attached hydrogen (secondary N) is 2. The minimum atomic E-state index is -1.09. The first-order valence-corrected chi connectivity index (χ1v) is 11.0. The molecule has 35 heavy (non-hydrogen) atoms. The Bertz CT molecular complexity index is 1230. The number of aromatic nitrogens is 1. The highest BCUT2D eigenvalue weighted by Gasteiger charge is 2.27. The Morgan fingerprint density at radius 2 is 1.66 bits per heavy atom. The van der Waals surface area contributed by atoms with E-state index in [1.165, 1.54) is 0 Å². The number of methoxy groups -OCH3 is 1. The number of rotatable bonds is 9. The van der Waals surface area contributed by atoms with E-state index in [0.29, 0.717) is 12.2 Å². The van der Waals surface area contributed by atoms with Crippen LogP contribution in [0.3, 0.4) is 0 Å². The number of Topliss-reactive ketones (excluding diaryl/α,β-unsaturated/α-hetero) is 1. The number of carbonyl (C=O) groups excluding carboxylic acids is 2. The third-order valence-corrected chi connectivity index (χ3v) is 5.39. The highest BCUT2D eigenvalue weighted by Crippen LogP contribution is 2.29. The third kappa shape index (κ3) is 6.73. The molecule has 9 heteroatoms. The van der Waals surface area contributed by atoms with Gasteiger partial charge in [0.2, 0.25) is 5.91 Å². The van der Waals surface area contributed by atoms with Crippen molar-refractivity contribution in [2.75, 3.05) is 7.11 Å². The van der Waals surface area contributed by atoms with Gasteiger partial charge in [-0.05, 0) is 34.2 Å². The molecule has 3 aromatic rings. The Hall–Kier alpha value is -3.59. The largest absolute Gasteiger partial charge is 0.383 e. The molecule has 0 saturated heterocycles. The molecule has 0 aliphatic heterocycles. The molecule has 1 heterocycles. The number of hydrogen-bond acceptors (Lipinski definition) is 5. The van der Waals surface area contributed by atoms with Gasteiger partial charge in [-0.1, -0.05) is 45.0 Å². The number of H-pyrrole nitrogens is 1. The van der Waals surface area contributed by atoms with Gasteiger partial charge in [-0.25, -0.2) is 8.78 Å². The number of halogens is 2. The lowest BCUT2D eigenvalue weighted by molar-refractivity contribution is -0.127. The monoisotopic (exact) mass is 486 g/mol. The molecule has 1 amide bonds. The van der Waals surface area contributed by atoms with Gasteiger partial charge in [0.1, 0.15) is 23.4 Å². The van der Waals surface area contributed by atoms with Gasteiger partial charge >= 0.3 is 0 Å². The van der Waals surface area contributed by atoms with Gasteiger partial charge in [0.25, 0.3) is 5.56 Å². The predicted octanol–water partition coefficient (Wildman–Crippen LogP) is 3.90. The van der Waals surface area contributed by atoms with Gasteiger partial charge in [0.05, 0.1) is 13.0 Å². The lowest BCUT2D eigenvalue weighted by atomic mass is 9.85. The predicted molar refractivity (Wildman–Crippen MR) is 125 cm³/mol. The van der Waals surface area contributed by atoms with Gasteiger partial charge in [-0.3, -0.25) is 14.4 Å². The van der Waals surface area contributed by atoms with Crippen LogP contribution in [0.15, 0.2) is 51.8 Å². The Labute approximate surface area is 201 Å². The maximum Gasteiger partial charge on any atom is 0.280 e. The van der Waals surface area contributed by atoms with Gasteiger partial charge in [-0.2, -0.15) is 5.16 Å². The summed E-state index contributed by atoms with van der Waals surface area (Å²) in [7, 11) is 1.56. The molecular weight excluding hydrogens is 458 g/mol. The second kappa shape index (κ2) is 10.8. The quantitative estimate of drug-likeness (QED) is 0.478. The summed E-state index contributed by atoms with van der Waals surface area (Å²) < 4.78 is 39.4. The highest BCUT2D eigenvalue weighted by atomic mass is 19.1. The van der Waals surface area contributed by atoms with Crippen molar-refractivity contribution in [2.24, 2.45) is 0 Å². The SMILES string of the molecule is COCc1ccc([C@@H](NC(=O)Cc2cc(=O)[nH]o2)C(=O)Cc2cc(F)c(C(C)(C)C)c(F)c2)cc1. The average molecular weight is 487 g/mol. The number of ketones is 1. The molecule has 7 nitrogen and oxygen atoms in total. The molecule has 0 bridgehead atoms. The van der Waals surface area contributed by atoms with E-state index in [-0.39, 0.29) is 29.7 Å². The molecular formula is C26H28F2N2O5. The van der Waals surface area contributed by atoms with Gasteiger partial charge in [-0.15, -0.1) is 0 Å². The maximum atomic E-state index is 14.7. The molecule has 0 aliphatic rings. The van der Waals surface area contributed by atoms with Crippen LogP contribution in [0.2, 0.25) is 0 Å². The fourth-order valence-corrected chi connectivity index (χ4v) is 3.85. The van der Waals surface area contributed by atoms with Gasteiger partial charge in [0.15, 0.2) is 5.78 Å². The van der Waals surface area contributed by atoms with Crippen LogP contribution >= 0.6 is 0 Å².